The van der Waals surface area contributed by atoms with Gasteiger partial charge in [0, 0.05) is 44.9 Å². The van der Waals surface area contributed by atoms with Crippen molar-refractivity contribution in [3.05, 3.63) is 35.9 Å². The van der Waals surface area contributed by atoms with Crippen LogP contribution in [0, 0.1) is 17.2 Å². The molecule has 4 heterocycles. The molecule has 0 bridgehead atoms. The lowest BCUT2D eigenvalue weighted by Crippen LogP contribution is -2.42. The topological polar surface area (TPSA) is 100 Å². The highest BCUT2D eigenvalue weighted by atomic mass is 16.7. The molecular weight excluding hydrogens is 346 g/mol. The molecule has 4 rings (SSSR count). The molecule has 2 aliphatic heterocycles. The first kappa shape index (κ1) is 17.4. The Morgan fingerprint density at radius 2 is 2.11 bits per heavy atom. The fraction of sp³-hybridized carbons (Fsp3) is 0.500. The molecule has 140 valence electrons. The zero-order chi connectivity index (χ0) is 18.8. The van der Waals surface area contributed by atoms with Crippen molar-refractivity contribution in [2.24, 2.45) is 13.0 Å². The summed E-state index contributed by atoms with van der Waals surface area (Å²) in [7, 11) is 1.87. The Kier molecular flexibility index (Phi) is 4.73. The van der Waals surface area contributed by atoms with E-state index >= 15 is 0 Å². The summed E-state index contributed by atoms with van der Waals surface area (Å²) in [5, 5.41) is 14.9. The van der Waals surface area contributed by atoms with Crippen LogP contribution in [0.3, 0.4) is 0 Å². The highest BCUT2D eigenvalue weighted by molar-refractivity contribution is 5.78. The average molecular weight is 367 g/mol. The van der Waals surface area contributed by atoms with Gasteiger partial charge in [-0.3, -0.25) is 14.3 Å². The van der Waals surface area contributed by atoms with Gasteiger partial charge in [0.1, 0.15) is 17.8 Å². The maximum Gasteiger partial charge on any atom is 0.250 e. The third-order valence-electron chi connectivity index (χ3n) is 5.08. The number of amides is 1. The van der Waals surface area contributed by atoms with Gasteiger partial charge in [-0.2, -0.15) is 10.4 Å². The number of piperidine rings is 1. The zero-order valence-electron chi connectivity index (χ0n) is 15.2. The summed E-state index contributed by atoms with van der Waals surface area (Å²) in [6.07, 6.45) is 5.63. The van der Waals surface area contributed by atoms with Crippen LogP contribution in [0.5, 0.6) is 0 Å². The second-order valence-electron chi connectivity index (χ2n) is 6.83. The van der Waals surface area contributed by atoms with Crippen LogP contribution in [0.4, 0.5) is 5.95 Å². The van der Waals surface area contributed by atoms with Crippen molar-refractivity contribution in [1.29, 1.82) is 5.26 Å². The molecule has 27 heavy (non-hydrogen) atoms. The van der Waals surface area contributed by atoms with Crippen LogP contribution in [-0.2, 0) is 16.7 Å². The number of hydroxylamine groups is 2. The van der Waals surface area contributed by atoms with E-state index in [1.165, 1.54) is 5.06 Å². The lowest BCUT2D eigenvalue weighted by atomic mass is 9.95. The van der Waals surface area contributed by atoms with Gasteiger partial charge in [0.05, 0.1) is 12.3 Å². The molecule has 2 saturated heterocycles. The standard InChI is InChI=1S/C18H21N7O2/c1-23-8-5-15(22-23)16-6-11-27-25(16)17(26)13-3-9-24(10-4-13)18-20-7-2-14(12-19)21-18/h2,5,7-8,13,16H,3-4,6,9-11H2,1H3. The van der Waals surface area contributed by atoms with Gasteiger partial charge in [0.25, 0.3) is 0 Å². The van der Waals surface area contributed by atoms with E-state index in [-0.39, 0.29) is 17.9 Å². The smallest absolute Gasteiger partial charge is 0.250 e. The van der Waals surface area contributed by atoms with E-state index in [1.54, 1.807) is 16.9 Å². The fourth-order valence-corrected chi connectivity index (χ4v) is 3.64. The molecule has 1 unspecified atom stereocenters. The van der Waals surface area contributed by atoms with Gasteiger partial charge in [0.2, 0.25) is 11.9 Å². The first-order valence-electron chi connectivity index (χ1n) is 9.09. The SMILES string of the molecule is Cn1ccc(C2CCON2C(=O)C2CCN(c3nccc(C#N)n3)CC2)n1. The summed E-state index contributed by atoms with van der Waals surface area (Å²) >= 11 is 0. The van der Waals surface area contributed by atoms with Crippen molar-refractivity contribution in [1.82, 2.24) is 24.8 Å². The molecule has 0 spiro atoms. The summed E-state index contributed by atoms with van der Waals surface area (Å²) in [6, 6.07) is 5.43. The summed E-state index contributed by atoms with van der Waals surface area (Å²) in [5.74, 6) is 0.475. The third-order valence-corrected chi connectivity index (χ3v) is 5.08. The zero-order valence-corrected chi connectivity index (χ0v) is 15.2. The Hall–Kier alpha value is -2.99. The highest BCUT2D eigenvalue weighted by Crippen LogP contribution is 2.32. The molecule has 2 aromatic rings. The number of aromatic nitrogens is 4. The van der Waals surface area contributed by atoms with Crippen LogP contribution >= 0.6 is 0 Å². The maximum absolute atomic E-state index is 13.0. The van der Waals surface area contributed by atoms with Crippen molar-refractivity contribution < 1.29 is 9.63 Å². The number of nitrogens with zero attached hydrogens (tertiary/aromatic N) is 7. The van der Waals surface area contributed by atoms with Crippen LogP contribution in [-0.4, -0.2) is 50.4 Å². The van der Waals surface area contributed by atoms with Gasteiger partial charge < -0.3 is 4.90 Å². The Morgan fingerprint density at radius 3 is 2.81 bits per heavy atom. The molecule has 1 atom stereocenters. The average Bonchev–Trinajstić information content (AvgIpc) is 3.36. The van der Waals surface area contributed by atoms with Crippen LogP contribution < -0.4 is 4.90 Å². The Morgan fingerprint density at radius 1 is 1.30 bits per heavy atom. The summed E-state index contributed by atoms with van der Waals surface area (Å²) in [4.78, 5) is 29.2. The van der Waals surface area contributed by atoms with E-state index < -0.39 is 0 Å². The lowest BCUT2D eigenvalue weighted by molar-refractivity contribution is -0.182. The lowest BCUT2D eigenvalue weighted by Gasteiger charge is -2.33. The Labute approximate surface area is 157 Å². The van der Waals surface area contributed by atoms with Gasteiger partial charge in [-0.25, -0.2) is 15.0 Å². The Bertz CT molecular complexity index is 867. The first-order valence-corrected chi connectivity index (χ1v) is 9.09. The van der Waals surface area contributed by atoms with E-state index in [9.17, 15) is 4.79 Å². The summed E-state index contributed by atoms with van der Waals surface area (Å²) < 4.78 is 1.74. The summed E-state index contributed by atoms with van der Waals surface area (Å²) in [5.41, 5.74) is 1.21. The molecule has 0 aromatic carbocycles. The largest absolute Gasteiger partial charge is 0.341 e. The molecule has 2 fully saturated rings. The summed E-state index contributed by atoms with van der Waals surface area (Å²) in [6.45, 7) is 1.88. The van der Waals surface area contributed by atoms with Gasteiger partial charge >= 0.3 is 0 Å². The van der Waals surface area contributed by atoms with Gasteiger partial charge in [-0.1, -0.05) is 0 Å². The van der Waals surface area contributed by atoms with Crippen molar-refractivity contribution >= 4 is 11.9 Å². The number of hydrogen-bond acceptors (Lipinski definition) is 7. The fourth-order valence-electron chi connectivity index (χ4n) is 3.64. The van der Waals surface area contributed by atoms with E-state index in [0.29, 0.717) is 44.2 Å². The molecule has 2 aliphatic rings. The van der Waals surface area contributed by atoms with Crippen molar-refractivity contribution in [3.63, 3.8) is 0 Å². The van der Waals surface area contributed by atoms with Crippen LogP contribution in [0.2, 0.25) is 0 Å². The normalized spacial score (nSPS) is 20.7. The van der Waals surface area contributed by atoms with E-state index in [1.807, 2.05) is 30.3 Å². The van der Waals surface area contributed by atoms with Crippen molar-refractivity contribution in [2.45, 2.75) is 25.3 Å². The number of rotatable bonds is 3. The number of aryl methyl sites for hydroxylation is 1. The maximum atomic E-state index is 13.0. The third kappa shape index (κ3) is 3.48. The molecule has 0 radical (unpaired) electrons. The monoisotopic (exact) mass is 367 g/mol. The quantitative estimate of drug-likeness (QED) is 0.803. The van der Waals surface area contributed by atoms with Crippen molar-refractivity contribution in [3.8, 4) is 6.07 Å². The molecular formula is C18H21N7O2. The van der Waals surface area contributed by atoms with E-state index in [4.69, 9.17) is 10.1 Å². The number of carbonyl (C=O) groups excluding carboxylic acids is 1. The van der Waals surface area contributed by atoms with E-state index in [2.05, 4.69) is 15.1 Å². The number of carbonyl (C=O) groups is 1. The second kappa shape index (κ2) is 7.32. The Balaban J connectivity index is 1.40. The minimum Gasteiger partial charge on any atom is -0.341 e. The van der Waals surface area contributed by atoms with Crippen LogP contribution in [0.25, 0.3) is 0 Å². The van der Waals surface area contributed by atoms with Crippen LogP contribution in [0.1, 0.15) is 36.7 Å². The predicted octanol–water partition coefficient (Wildman–Crippen LogP) is 1.20. The number of hydrogen-bond donors (Lipinski definition) is 0. The second-order valence-corrected chi connectivity index (χ2v) is 6.83. The predicted molar refractivity (Wildman–Crippen MR) is 95.0 cm³/mol. The van der Waals surface area contributed by atoms with Crippen LogP contribution in [0.15, 0.2) is 24.5 Å². The molecule has 0 N–H and O–H groups in total. The highest BCUT2D eigenvalue weighted by Gasteiger charge is 2.38. The number of nitriles is 1. The molecule has 2 aromatic heterocycles. The minimum absolute atomic E-state index is 0.0227. The van der Waals surface area contributed by atoms with Crippen molar-refractivity contribution in [2.75, 3.05) is 24.6 Å². The molecule has 0 aliphatic carbocycles. The van der Waals surface area contributed by atoms with Gasteiger partial charge in [-0.15, -0.1) is 0 Å². The molecule has 1 amide bonds. The van der Waals surface area contributed by atoms with E-state index in [0.717, 1.165) is 12.1 Å². The van der Waals surface area contributed by atoms with Gasteiger partial charge in [-0.05, 0) is 25.0 Å². The van der Waals surface area contributed by atoms with Gasteiger partial charge in [0.15, 0.2) is 0 Å². The molecule has 0 saturated carbocycles. The number of anilines is 1. The first-order chi connectivity index (χ1) is 13.2. The molecule has 9 heteroatoms. The minimum atomic E-state index is -0.118. The molecule has 9 nitrogen and oxygen atoms in total.